The van der Waals surface area contributed by atoms with Gasteiger partial charge in [0.2, 0.25) is 0 Å². The van der Waals surface area contributed by atoms with E-state index in [2.05, 4.69) is 15.9 Å². The van der Waals surface area contributed by atoms with E-state index in [1.165, 1.54) is 0 Å². The molecule has 0 aromatic heterocycles. The van der Waals surface area contributed by atoms with Gasteiger partial charge in [-0.05, 0) is 28.8 Å². The van der Waals surface area contributed by atoms with Crippen molar-refractivity contribution in [1.82, 2.24) is 0 Å². The lowest BCUT2D eigenvalue weighted by molar-refractivity contribution is 0.380. The maximum absolute atomic E-state index is 14.0. The Kier molecular flexibility index (Phi) is 3.32. The van der Waals surface area contributed by atoms with Crippen LogP contribution in [0, 0.1) is 5.82 Å². The molecule has 2 rings (SSSR count). The molecule has 0 aliphatic heterocycles. The normalized spacial score (nSPS) is 18.5. The van der Waals surface area contributed by atoms with Gasteiger partial charge in [-0.2, -0.15) is 0 Å². The topological polar surface area (TPSA) is 66.5 Å². The van der Waals surface area contributed by atoms with Crippen molar-refractivity contribution in [2.45, 2.75) is 31.1 Å². The minimum atomic E-state index is -0.514. The molecule has 0 unspecified atom stereocenters. The van der Waals surface area contributed by atoms with Crippen LogP contribution < -0.4 is 5.73 Å². The first-order chi connectivity index (χ1) is 8.02. The predicted molar refractivity (Wildman–Crippen MR) is 66.6 cm³/mol. The van der Waals surface area contributed by atoms with E-state index in [-0.39, 0.29) is 10.2 Å². The lowest BCUT2D eigenvalue weighted by atomic mass is 9.78. The van der Waals surface area contributed by atoms with Crippen LogP contribution in [0.2, 0.25) is 0 Å². The zero-order valence-electron chi connectivity index (χ0n) is 9.34. The van der Waals surface area contributed by atoms with Gasteiger partial charge in [-0.3, -0.25) is 0 Å². The highest BCUT2D eigenvalue weighted by molar-refractivity contribution is 9.10. The Labute approximate surface area is 108 Å². The molecule has 1 aliphatic rings. The van der Waals surface area contributed by atoms with Gasteiger partial charge in [0, 0.05) is 23.6 Å². The number of nitrogens with two attached hydrogens (primary N) is 1. The average molecular weight is 304 g/mol. The summed E-state index contributed by atoms with van der Waals surface area (Å²) in [5.41, 5.74) is 5.77. The predicted octanol–water partition coefficient (Wildman–Crippen LogP) is 2.77. The SMILES string of the molecule is NCC1(c2c(F)cc(O)c(O)c2Br)CCCC1. The third kappa shape index (κ3) is 1.91. The molecule has 1 aromatic carbocycles. The molecule has 0 heterocycles. The second-order valence-electron chi connectivity index (χ2n) is 4.61. The van der Waals surface area contributed by atoms with Crippen LogP contribution in [0.1, 0.15) is 31.2 Å². The zero-order valence-corrected chi connectivity index (χ0v) is 10.9. The van der Waals surface area contributed by atoms with Gasteiger partial charge in [-0.25, -0.2) is 4.39 Å². The van der Waals surface area contributed by atoms with E-state index in [1.807, 2.05) is 0 Å². The largest absolute Gasteiger partial charge is 0.504 e. The molecular formula is C12H15BrFNO2. The first-order valence-corrected chi connectivity index (χ1v) is 6.41. The third-order valence-corrected chi connectivity index (χ3v) is 4.43. The summed E-state index contributed by atoms with van der Waals surface area (Å²) in [6.45, 7) is 0.340. The Morgan fingerprint density at radius 3 is 2.47 bits per heavy atom. The fourth-order valence-electron chi connectivity index (χ4n) is 2.69. The minimum absolute atomic E-state index is 0.224. The van der Waals surface area contributed by atoms with Gasteiger partial charge in [0.25, 0.3) is 0 Å². The molecule has 0 atom stereocenters. The number of hydrogen-bond acceptors (Lipinski definition) is 3. The summed E-state index contributed by atoms with van der Waals surface area (Å²) in [4.78, 5) is 0. The number of rotatable bonds is 2. The molecule has 0 spiro atoms. The molecular weight excluding hydrogens is 289 g/mol. The van der Waals surface area contributed by atoms with Gasteiger partial charge in [-0.1, -0.05) is 12.8 Å². The number of phenolic OH excluding ortho intramolecular Hbond substituents is 2. The van der Waals surface area contributed by atoms with Gasteiger partial charge in [0.05, 0.1) is 4.47 Å². The van der Waals surface area contributed by atoms with Gasteiger partial charge in [0.15, 0.2) is 11.5 Å². The van der Waals surface area contributed by atoms with Crippen molar-refractivity contribution in [1.29, 1.82) is 0 Å². The molecule has 0 bridgehead atoms. The van der Waals surface area contributed by atoms with Crippen molar-refractivity contribution in [3.05, 3.63) is 21.9 Å². The van der Waals surface area contributed by atoms with E-state index >= 15 is 0 Å². The zero-order chi connectivity index (χ0) is 12.6. The highest BCUT2D eigenvalue weighted by Crippen LogP contribution is 2.48. The van der Waals surface area contributed by atoms with Gasteiger partial charge in [-0.15, -0.1) is 0 Å². The van der Waals surface area contributed by atoms with Crippen molar-refractivity contribution in [2.24, 2.45) is 5.73 Å². The van der Waals surface area contributed by atoms with Crippen molar-refractivity contribution in [3.63, 3.8) is 0 Å². The lowest BCUT2D eigenvalue weighted by Gasteiger charge is -2.29. The summed E-state index contributed by atoms with van der Waals surface area (Å²) in [5.74, 6) is -1.29. The summed E-state index contributed by atoms with van der Waals surface area (Å²) >= 11 is 3.16. The highest BCUT2D eigenvalue weighted by Gasteiger charge is 2.39. The van der Waals surface area contributed by atoms with Gasteiger partial charge < -0.3 is 15.9 Å². The second-order valence-corrected chi connectivity index (χ2v) is 5.40. The Balaban J connectivity index is 2.62. The molecule has 1 fully saturated rings. The Hall–Kier alpha value is -0.810. The number of hydrogen-bond donors (Lipinski definition) is 3. The molecule has 5 heteroatoms. The molecule has 0 saturated heterocycles. The third-order valence-electron chi connectivity index (χ3n) is 3.65. The second kappa shape index (κ2) is 4.46. The number of halogens is 2. The van der Waals surface area contributed by atoms with Crippen LogP contribution in [-0.4, -0.2) is 16.8 Å². The molecule has 94 valence electrons. The monoisotopic (exact) mass is 303 g/mol. The van der Waals surface area contributed by atoms with E-state index in [0.29, 0.717) is 12.1 Å². The molecule has 4 N–H and O–H groups in total. The van der Waals surface area contributed by atoms with Crippen LogP contribution in [0.5, 0.6) is 11.5 Å². The van der Waals surface area contributed by atoms with Crippen molar-refractivity contribution < 1.29 is 14.6 Å². The van der Waals surface area contributed by atoms with E-state index in [4.69, 9.17) is 5.73 Å². The molecule has 1 saturated carbocycles. The summed E-state index contributed by atoms with van der Waals surface area (Å²) in [5, 5.41) is 19.0. The van der Waals surface area contributed by atoms with E-state index < -0.39 is 17.0 Å². The molecule has 3 nitrogen and oxygen atoms in total. The fraction of sp³-hybridized carbons (Fsp3) is 0.500. The van der Waals surface area contributed by atoms with Gasteiger partial charge >= 0.3 is 0 Å². The van der Waals surface area contributed by atoms with Crippen molar-refractivity contribution in [3.8, 4) is 11.5 Å². The maximum atomic E-state index is 14.0. The quantitative estimate of drug-likeness (QED) is 0.736. The van der Waals surface area contributed by atoms with E-state index in [1.54, 1.807) is 0 Å². The number of aromatic hydroxyl groups is 2. The van der Waals surface area contributed by atoms with Crippen molar-refractivity contribution >= 4 is 15.9 Å². The van der Waals surface area contributed by atoms with Gasteiger partial charge in [0.1, 0.15) is 5.82 Å². The standard InChI is InChI=1S/C12H15BrFNO2/c13-10-9(7(14)5-8(16)11(10)17)12(6-15)3-1-2-4-12/h5,16-17H,1-4,6,15H2. The fourth-order valence-corrected chi connectivity index (χ4v) is 3.50. The van der Waals surface area contributed by atoms with E-state index in [9.17, 15) is 14.6 Å². The van der Waals surface area contributed by atoms with Crippen LogP contribution in [0.4, 0.5) is 4.39 Å². The Morgan fingerprint density at radius 2 is 1.94 bits per heavy atom. The molecule has 0 amide bonds. The molecule has 0 radical (unpaired) electrons. The van der Waals surface area contributed by atoms with Crippen LogP contribution in [0.3, 0.4) is 0 Å². The molecule has 1 aliphatic carbocycles. The molecule has 1 aromatic rings. The number of phenols is 2. The summed E-state index contributed by atoms with van der Waals surface area (Å²) < 4.78 is 14.2. The Morgan fingerprint density at radius 1 is 1.35 bits per heavy atom. The summed E-state index contributed by atoms with van der Waals surface area (Å²) in [6.07, 6.45) is 3.63. The van der Waals surface area contributed by atoms with Crippen LogP contribution in [0.15, 0.2) is 10.5 Å². The Bertz CT molecular complexity index is 445. The first-order valence-electron chi connectivity index (χ1n) is 5.62. The average Bonchev–Trinajstić information content (AvgIpc) is 2.76. The smallest absolute Gasteiger partial charge is 0.172 e. The van der Waals surface area contributed by atoms with Crippen molar-refractivity contribution in [2.75, 3.05) is 6.54 Å². The minimum Gasteiger partial charge on any atom is -0.504 e. The number of benzene rings is 1. The summed E-state index contributed by atoms with van der Waals surface area (Å²) in [7, 11) is 0. The summed E-state index contributed by atoms with van der Waals surface area (Å²) in [6, 6.07) is 0.950. The molecule has 17 heavy (non-hydrogen) atoms. The van der Waals surface area contributed by atoms with Crippen LogP contribution in [0.25, 0.3) is 0 Å². The maximum Gasteiger partial charge on any atom is 0.172 e. The lowest BCUT2D eigenvalue weighted by Crippen LogP contribution is -2.33. The highest BCUT2D eigenvalue weighted by atomic mass is 79.9. The van der Waals surface area contributed by atoms with Crippen LogP contribution >= 0.6 is 15.9 Å². The van der Waals surface area contributed by atoms with E-state index in [0.717, 1.165) is 31.7 Å². The van der Waals surface area contributed by atoms with Crippen LogP contribution in [-0.2, 0) is 5.41 Å². The first kappa shape index (κ1) is 12.6.